The van der Waals surface area contributed by atoms with Crippen LogP contribution in [0.5, 0.6) is 0 Å². The lowest BCUT2D eigenvalue weighted by molar-refractivity contribution is -0.139. The van der Waals surface area contributed by atoms with Gasteiger partial charge in [0.1, 0.15) is 0 Å². The zero-order chi connectivity index (χ0) is 21.5. The molecular formula is C16H38O7Si4. The van der Waals surface area contributed by atoms with Crippen molar-refractivity contribution < 1.29 is 30.7 Å². The molecule has 0 rings (SSSR count). The third-order valence-electron chi connectivity index (χ3n) is 3.28. The molecule has 0 fully saturated rings. The van der Waals surface area contributed by atoms with Gasteiger partial charge in [-0.05, 0) is 59.2 Å². The SMILES string of the molecule is C=C(C)C(=O)OCCC[Si](OC)(OC)O[Si](C)(C)O[Si](C)(C)O[Si](C)(C)C. The van der Waals surface area contributed by atoms with Crippen molar-refractivity contribution in [3.63, 3.8) is 0 Å². The number of carbonyl (C=O) groups is 1. The second kappa shape index (κ2) is 10.6. The average Bonchev–Trinajstić information content (AvgIpc) is 2.45. The molecule has 0 aromatic rings. The maximum atomic E-state index is 11.5. The summed E-state index contributed by atoms with van der Waals surface area (Å²) in [7, 11) is -6.38. The first-order valence-electron chi connectivity index (χ1n) is 9.10. The number of carbonyl (C=O) groups excluding carboxylic acids is 1. The summed E-state index contributed by atoms with van der Waals surface area (Å²) >= 11 is 0. The van der Waals surface area contributed by atoms with Crippen LogP contribution in [0.25, 0.3) is 0 Å². The molecule has 0 unspecified atom stereocenters. The van der Waals surface area contributed by atoms with Gasteiger partial charge in [0.25, 0.3) is 0 Å². The predicted octanol–water partition coefficient (Wildman–Crippen LogP) is 4.02. The number of hydrogen-bond donors (Lipinski definition) is 0. The molecule has 11 heteroatoms. The fourth-order valence-corrected chi connectivity index (χ4v) is 19.7. The lowest BCUT2D eigenvalue weighted by Crippen LogP contribution is -2.58. The summed E-state index contributed by atoms with van der Waals surface area (Å²) in [5, 5.41) is 0. The lowest BCUT2D eigenvalue weighted by Gasteiger charge is -2.40. The van der Waals surface area contributed by atoms with Gasteiger partial charge >= 0.3 is 31.9 Å². The Balaban J connectivity index is 4.93. The van der Waals surface area contributed by atoms with Crippen LogP contribution in [0, 0.1) is 0 Å². The van der Waals surface area contributed by atoms with Gasteiger partial charge in [-0.3, -0.25) is 0 Å². The molecule has 0 aromatic carbocycles. The molecule has 0 radical (unpaired) electrons. The van der Waals surface area contributed by atoms with Gasteiger partial charge in [0, 0.05) is 25.8 Å². The number of hydrogen-bond acceptors (Lipinski definition) is 7. The van der Waals surface area contributed by atoms with E-state index in [0.29, 0.717) is 18.0 Å². The first kappa shape index (κ1) is 26.9. The third kappa shape index (κ3) is 11.5. The van der Waals surface area contributed by atoms with E-state index in [1.165, 1.54) is 0 Å². The Hall–Kier alpha value is -0.122. The molecular weight excluding hydrogens is 417 g/mol. The van der Waals surface area contributed by atoms with E-state index >= 15 is 0 Å². The topological polar surface area (TPSA) is 72.5 Å². The zero-order valence-electron chi connectivity index (χ0n) is 18.7. The van der Waals surface area contributed by atoms with Gasteiger partial charge in [-0.2, -0.15) is 0 Å². The summed E-state index contributed by atoms with van der Waals surface area (Å²) in [6.45, 7) is 19.9. The van der Waals surface area contributed by atoms with Crippen LogP contribution in [-0.4, -0.2) is 61.0 Å². The van der Waals surface area contributed by atoms with Gasteiger partial charge in [0.2, 0.25) is 0 Å². The minimum absolute atomic E-state index is 0.262. The van der Waals surface area contributed by atoms with Crippen LogP contribution in [0.3, 0.4) is 0 Å². The maximum Gasteiger partial charge on any atom is 0.491 e. The maximum absolute atomic E-state index is 11.5. The average molecular weight is 455 g/mol. The van der Waals surface area contributed by atoms with Crippen LogP contribution < -0.4 is 0 Å². The van der Waals surface area contributed by atoms with Gasteiger partial charge in [-0.25, -0.2) is 4.79 Å². The number of esters is 1. The molecule has 0 aliphatic carbocycles. The van der Waals surface area contributed by atoms with E-state index in [1.54, 1.807) is 21.1 Å². The first-order valence-corrected chi connectivity index (χ1v) is 20.1. The molecule has 0 spiro atoms. The molecule has 0 aliphatic heterocycles. The van der Waals surface area contributed by atoms with Gasteiger partial charge < -0.3 is 25.9 Å². The number of rotatable bonds is 13. The number of ether oxygens (including phenoxy) is 1. The minimum atomic E-state index is -2.94. The van der Waals surface area contributed by atoms with E-state index in [2.05, 4.69) is 26.2 Å². The second-order valence-corrected chi connectivity index (χ2v) is 23.3. The minimum Gasteiger partial charge on any atom is -0.462 e. The first-order chi connectivity index (χ1) is 12.1. The summed E-state index contributed by atoms with van der Waals surface area (Å²) in [4.78, 5) is 11.5. The van der Waals surface area contributed by atoms with Crippen LogP contribution in [0.1, 0.15) is 13.3 Å². The van der Waals surface area contributed by atoms with Gasteiger partial charge in [-0.1, -0.05) is 6.58 Å². The van der Waals surface area contributed by atoms with Crippen LogP contribution in [-0.2, 0) is 30.7 Å². The van der Waals surface area contributed by atoms with Crippen molar-refractivity contribution in [2.24, 2.45) is 0 Å². The van der Waals surface area contributed by atoms with Crippen LogP contribution >= 0.6 is 0 Å². The molecule has 0 heterocycles. The molecule has 7 nitrogen and oxygen atoms in total. The highest BCUT2D eigenvalue weighted by molar-refractivity contribution is 6.87. The summed E-state index contributed by atoms with van der Waals surface area (Å²) in [6.07, 6.45) is 0.573. The second-order valence-electron chi connectivity index (χ2n) is 8.33. The van der Waals surface area contributed by atoms with E-state index in [4.69, 9.17) is 25.9 Å². The predicted molar refractivity (Wildman–Crippen MR) is 117 cm³/mol. The molecule has 160 valence electrons. The van der Waals surface area contributed by atoms with Crippen LogP contribution in [0.4, 0.5) is 0 Å². The molecule has 0 atom stereocenters. The van der Waals surface area contributed by atoms with Crippen molar-refractivity contribution in [3.8, 4) is 0 Å². The Bertz CT molecular complexity index is 499. The quantitative estimate of drug-likeness (QED) is 0.180. The lowest BCUT2D eigenvalue weighted by atomic mass is 10.4. The van der Waals surface area contributed by atoms with E-state index < -0.39 is 40.2 Å². The Kier molecular flexibility index (Phi) is 10.5. The largest absolute Gasteiger partial charge is 0.491 e. The molecule has 0 amide bonds. The van der Waals surface area contributed by atoms with Crippen molar-refractivity contribution in [2.75, 3.05) is 20.8 Å². The molecule has 0 N–H and O–H groups in total. The molecule has 0 aromatic heterocycles. The van der Waals surface area contributed by atoms with E-state index in [9.17, 15) is 4.79 Å². The van der Waals surface area contributed by atoms with Gasteiger partial charge in [0.05, 0.1) is 6.61 Å². The summed E-state index contributed by atoms with van der Waals surface area (Å²) in [5.41, 5.74) is 0.379. The Morgan fingerprint density at radius 3 is 1.74 bits per heavy atom. The van der Waals surface area contributed by atoms with Crippen molar-refractivity contribution in [2.45, 2.75) is 65.2 Å². The van der Waals surface area contributed by atoms with Gasteiger partial charge in [-0.15, -0.1) is 0 Å². The highest BCUT2D eigenvalue weighted by Gasteiger charge is 2.48. The van der Waals surface area contributed by atoms with Crippen LogP contribution in [0.15, 0.2) is 12.2 Å². The van der Waals surface area contributed by atoms with Gasteiger partial charge in [0.15, 0.2) is 8.32 Å². The standard InChI is InChI=1S/C16H38O7Si4/c1-15(2)16(17)20-13-12-14-27(18-3,19-4)23-26(10,11)22-25(8,9)21-24(5,6)7/h1,12-14H2,2-11H3. The highest BCUT2D eigenvalue weighted by atomic mass is 28.5. The molecule has 27 heavy (non-hydrogen) atoms. The van der Waals surface area contributed by atoms with E-state index in [1.807, 2.05) is 26.2 Å². The fourth-order valence-electron chi connectivity index (χ4n) is 2.74. The Morgan fingerprint density at radius 2 is 1.33 bits per heavy atom. The van der Waals surface area contributed by atoms with Crippen LogP contribution in [0.2, 0.25) is 51.9 Å². The van der Waals surface area contributed by atoms with Crippen molar-refractivity contribution in [3.05, 3.63) is 12.2 Å². The smallest absolute Gasteiger partial charge is 0.462 e. The zero-order valence-corrected chi connectivity index (χ0v) is 22.7. The third-order valence-corrected chi connectivity index (χ3v) is 17.0. The summed E-state index contributed by atoms with van der Waals surface area (Å²) < 4.78 is 35.5. The Morgan fingerprint density at radius 1 is 0.852 bits per heavy atom. The fraction of sp³-hybridized carbons (Fsp3) is 0.812. The van der Waals surface area contributed by atoms with Crippen molar-refractivity contribution in [1.82, 2.24) is 0 Å². The monoisotopic (exact) mass is 454 g/mol. The molecule has 0 saturated carbocycles. The normalized spacial score (nSPS) is 13.6. The van der Waals surface area contributed by atoms with E-state index in [0.717, 1.165) is 0 Å². The van der Waals surface area contributed by atoms with Crippen molar-refractivity contribution in [1.29, 1.82) is 0 Å². The summed E-state index contributed by atoms with van der Waals surface area (Å²) in [6, 6.07) is 0.528. The molecule has 0 aliphatic rings. The Labute approximate surface area is 169 Å². The molecule has 0 bridgehead atoms. The van der Waals surface area contributed by atoms with Crippen molar-refractivity contribution >= 4 is 40.2 Å². The highest BCUT2D eigenvalue weighted by Crippen LogP contribution is 2.26. The molecule has 0 saturated heterocycles. The van der Waals surface area contributed by atoms with E-state index in [-0.39, 0.29) is 6.61 Å². The summed E-state index contributed by atoms with van der Waals surface area (Å²) in [5.74, 6) is -0.396.